The van der Waals surface area contributed by atoms with Crippen molar-refractivity contribution in [2.45, 2.75) is 51.3 Å². The van der Waals surface area contributed by atoms with Gasteiger partial charge in [-0.05, 0) is 45.7 Å². The smallest absolute Gasteiger partial charge is 0.507 e. The fourth-order valence-electron chi connectivity index (χ4n) is 2.94. The quantitative estimate of drug-likeness (QED) is 0.790. The van der Waals surface area contributed by atoms with E-state index in [2.05, 4.69) is 0 Å². The Kier molecular flexibility index (Phi) is 5.17. The number of hydrogen-bond acceptors (Lipinski definition) is 5. The topological polar surface area (TPSA) is 104 Å². The average molecular weight is 411 g/mol. The fraction of sp³-hybridized carbons (Fsp3) is 0.562. The largest absolute Gasteiger partial charge is 0.516 e. The van der Waals surface area contributed by atoms with Crippen LogP contribution in [0.2, 0.25) is 0 Å². The SMILES string of the molecule is Cc1cc2c(c(O)c1C(OC(C)(C)C)C(=O)O)CCN2S(=O)(=O)C(F)(F)F. The molecule has 0 radical (unpaired) electrons. The van der Waals surface area contributed by atoms with Crippen LogP contribution in [-0.4, -0.2) is 42.3 Å². The van der Waals surface area contributed by atoms with Crippen LogP contribution < -0.4 is 4.31 Å². The van der Waals surface area contributed by atoms with Gasteiger partial charge in [0.2, 0.25) is 0 Å². The predicted molar refractivity (Wildman–Crippen MR) is 90.1 cm³/mol. The van der Waals surface area contributed by atoms with Crippen LogP contribution in [0.1, 0.15) is 43.6 Å². The summed E-state index contributed by atoms with van der Waals surface area (Å²) in [6, 6.07) is 1.13. The Morgan fingerprint density at radius 2 is 1.85 bits per heavy atom. The zero-order valence-electron chi connectivity index (χ0n) is 15.1. The highest BCUT2D eigenvalue weighted by Gasteiger charge is 2.52. The maximum Gasteiger partial charge on any atom is 0.516 e. The van der Waals surface area contributed by atoms with Gasteiger partial charge < -0.3 is 14.9 Å². The molecule has 1 heterocycles. The van der Waals surface area contributed by atoms with Crippen molar-refractivity contribution in [2.24, 2.45) is 0 Å². The number of carboxylic acids is 1. The number of fused-ring (bicyclic) bond motifs is 1. The molecule has 0 amide bonds. The van der Waals surface area contributed by atoms with Gasteiger partial charge in [-0.3, -0.25) is 4.31 Å². The number of rotatable bonds is 4. The number of alkyl halides is 3. The number of sulfonamides is 1. The summed E-state index contributed by atoms with van der Waals surface area (Å²) in [7, 11) is -5.63. The van der Waals surface area contributed by atoms with Gasteiger partial charge in [-0.2, -0.15) is 21.6 Å². The van der Waals surface area contributed by atoms with E-state index in [1.165, 1.54) is 6.92 Å². The lowest BCUT2D eigenvalue weighted by Gasteiger charge is -2.28. The maximum atomic E-state index is 12.9. The number of carbonyl (C=O) groups is 1. The third-order valence-corrected chi connectivity index (χ3v) is 5.55. The second kappa shape index (κ2) is 6.55. The molecule has 2 rings (SSSR count). The summed E-state index contributed by atoms with van der Waals surface area (Å²) in [5.41, 5.74) is -6.75. The van der Waals surface area contributed by atoms with Crippen molar-refractivity contribution >= 4 is 21.7 Å². The number of anilines is 1. The van der Waals surface area contributed by atoms with Gasteiger partial charge in [-0.25, -0.2) is 4.79 Å². The van der Waals surface area contributed by atoms with E-state index in [1.54, 1.807) is 20.8 Å². The number of aliphatic carboxylic acids is 1. The Morgan fingerprint density at radius 1 is 1.30 bits per heavy atom. The Balaban J connectivity index is 2.62. The molecule has 0 saturated carbocycles. The van der Waals surface area contributed by atoms with Gasteiger partial charge in [0.25, 0.3) is 0 Å². The number of aromatic hydroxyl groups is 1. The second-order valence-electron chi connectivity index (χ2n) is 7.17. The van der Waals surface area contributed by atoms with Crippen molar-refractivity contribution in [1.82, 2.24) is 0 Å². The van der Waals surface area contributed by atoms with Gasteiger partial charge in [0.15, 0.2) is 6.10 Å². The molecule has 1 unspecified atom stereocenters. The molecule has 0 saturated heterocycles. The Bertz CT molecular complexity index is 874. The number of ether oxygens (including phenoxy) is 1. The van der Waals surface area contributed by atoms with E-state index in [-0.39, 0.29) is 33.1 Å². The third kappa shape index (κ3) is 3.84. The van der Waals surface area contributed by atoms with Crippen LogP contribution in [0.25, 0.3) is 0 Å². The summed E-state index contributed by atoms with van der Waals surface area (Å²) >= 11 is 0. The Morgan fingerprint density at radius 3 is 2.30 bits per heavy atom. The van der Waals surface area contributed by atoms with E-state index in [0.717, 1.165) is 6.07 Å². The first-order valence-corrected chi connectivity index (χ1v) is 9.37. The molecule has 1 aliphatic heterocycles. The lowest BCUT2D eigenvalue weighted by atomic mass is 9.96. The third-order valence-electron chi connectivity index (χ3n) is 4.00. The number of nitrogens with zero attached hydrogens (tertiary/aromatic N) is 1. The van der Waals surface area contributed by atoms with Crippen LogP contribution in [-0.2, 0) is 26.0 Å². The van der Waals surface area contributed by atoms with Crippen molar-refractivity contribution in [2.75, 3.05) is 10.8 Å². The van der Waals surface area contributed by atoms with Gasteiger partial charge >= 0.3 is 21.5 Å². The van der Waals surface area contributed by atoms with Crippen LogP contribution in [0.5, 0.6) is 5.75 Å². The van der Waals surface area contributed by atoms with Gasteiger partial charge in [0, 0.05) is 17.7 Å². The minimum Gasteiger partial charge on any atom is -0.507 e. The summed E-state index contributed by atoms with van der Waals surface area (Å²) in [5.74, 6) is -1.96. The molecular formula is C16H20F3NO6S. The van der Waals surface area contributed by atoms with Crippen molar-refractivity contribution in [3.63, 3.8) is 0 Å². The molecular weight excluding hydrogens is 391 g/mol. The molecule has 2 N–H and O–H groups in total. The summed E-state index contributed by atoms with van der Waals surface area (Å²) in [5, 5.41) is 20.0. The number of hydrogen-bond donors (Lipinski definition) is 2. The first-order valence-electron chi connectivity index (χ1n) is 7.93. The monoisotopic (exact) mass is 411 g/mol. The molecule has 11 heteroatoms. The first kappa shape index (κ1) is 21.3. The highest BCUT2D eigenvalue weighted by Crippen LogP contribution is 2.45. The van der Waals surface area contributed by atoms with Crippen LogP contribution in [0.15, 0.2) is 6.07 Å². The molecule has 1 aromatic rings. The van der Waals surface area contributed by atoms with Crippen molar-refractivity contribution in [3.8, 4) is 5.75 Å². The van der Waals surface area contributed by atoms with Crippen molar-refractivity contribution < 1.29 is 41.3 Å². The van der Waals surface area contributed by atoms with E-state index < -0.39 is 45.5 Å². The van der Waals surface area contributed by atoms with Crippen LogP contribution in [0, 0.1) is 6.92 Å². The Labute approximate surface area is 154 Å². The van der Waals surface area contributed by atoms with Crippen molar-refractivity contribution in [3.05, 3.63) is 22.8 Å². The maximum absolute atomic E-state index is 12.9. The van der Waals surface area contributed by atoms with Crippen molar-refractivity contribution in [1.29, 1.82) is 0 Å². The lowest BCUT2D eigenvalue weighted by molar-refractivity contribution is -0.160. The normalized spacial score (nSPS) is 16.3. The molecule has 0 spiro atoms. The minimum absolute atomic E-state index is 0.0628. The number of phenols is 1. The van der Waals surface area contributed by atoms with E-state index in [9.17, 15) is 36.6 Å². The molecule has 0 aliphatic carbocycles. The standard InChI is InChI=1S/C16H20F3NO6S/c1-8-7-10-9(5-6-20(10)27(24,25)16(17,18)19)12(21)11(8)13(14(22)23)26-15(2,3)4/h7,13,21H,5-6H2,1-4H3,(H,22,23). The molecule has 0 aromatic heterocycles. The molecule has 1 atom stereocenters. The summed E-state index contributed by atoms with van der Waals surface area (Å²) in [6.07, 6.45) is -1.76. The number of phenolic OH excluding ortho intramolecular Hbond substituents is 1. The molecule has 0 fully saturated rings. The highest BCUT2D eigenvalue weighted by molar-refractivity contribution is 7.93. The lowest BCUT2D eigenvalue weighted by Crippen LogP contribution is -2.39. The second-order valence-corrected chi connectivity index (χ2v) is 9.03. The van der Waals surface area contributed by atoms with Crippen LogP contribution in [0.4, 0.5) is 18.9 Å². The molecule has 1 aliphatic rings. The zero-order chi connectivity index (χ0) is 20.9. The van der Waals surface area contributed by atoms with E-state index in [4.69, 9.17) is 4.74 Å². The summed E-state index contributed by atoms with van der Waals surface area (Å²) in [6.45, 7) is 5.69. The summed E-state index contributed by atoms with van der Waals surface area (Å²) in [4.78, 5) is 11.6. The average Bonchev–Trinajstić information content (AvgIpc) is 2.87. The number of aryl methyl sites for hydroxylation is 1. The first-order chi connectivity index (χ1) is 12.1. The molecule has 1 aromatic carbocycles. The molecule has 0 bridgehead atoms. The highest BCUT2D eigenvalue weighted by atomic mass is 32.2. The van der Waals surface area contributed by atoms with Crippen LogP contribution >= 0.6 is 0 Å². The van der Waals surface area contributed by atoms with E-state index >= 15 is 0 Å². The zero-order valence-corrected chi connectivity index (χ0v) is 15.9. The van der Waals surface area contributed by atoms with Gasteiger partial charge in [0.1, 0.15) is 5.75 Å². The van der Waals surface area contributed by atoms with Crippen LogP contribution in [0.3, 0.4) is 0 Å². The fourth-order valence-corrected chi connectivity index (χ4v) is 3.94. The number of halogens is 3. The Hall–Kier alpha value is -2.01. The number of benzene rings is 1. The molecule has 27 heavy (non-hydrogen) atoms. The molecule has 7 nitrogen and oxygen atoms in total. The van der Waals surface area contributed by atoms with Gasteiger partial charge in [-0.1, -0.05) is 0 Å². The number of carboxylic acid groups (broad SMARTS) is 1. The molecule has 152 valence electrons. The van der Waals surface area contributed by atoms with E-state index in [0.29, 0.717) is 0 Å². The minimum atomic E-state index is -5.63. The predicted octanol–water partition coefficient (Wildman–Crippen LogP) is 2.85. The van der Waals surface area contributed by atoms with E-state index in [1.807, 2.05) is 0 Å². The van der Waals surface area contributed by atoms with Gasteiger partial charge in [-0.15, -0.1) is 0 Å². The van der Waals surface area contributed by atoms with Gasteiger partial charge in [0.05, 0.1) is 11.3 Å². The summed E-state index contributed by atoms with van der Waals surface area (Å²) < 4.78 is 67.8.